The number of benzene rings is 1. The zero-order valence-electron chi connectivity index (χ0n) is 15.9. The molecule has 1 unspecified atom stereocenters. The molecule has 1 heterocycles. The minimum absolute atomic E-state index is 0. The van der Waals surface area contributed by atoms with Crippen molar-refractivity contribution >= 4 is 35.8 Å². The predicted octanol–water partition coefficient (Wildman–Crippen LogP) is 2.29. The van der Waals surface area contributed by atoms with Crippen LogP contribution in [0, 0.1) is 11.7 Å². The smallest absolute Gasteiger partial charge is 0.220 e. The topological polar surface area (TPSA) is 77.0 Å². The van der Waals surface area contributed by atoms with Crippen LogP contribution in [0.4, 0.5) is 4.39 Å². The first-order valence-corrected chi connectivity index (χ1v) is 9.21. The standard InChI is InChI=1S/C19H29FN4O2.HI/c1-3-22-19(23-13-17(25)15-6-4-5-7-16(15)20)24-10-8-14(9-11-24)12-18(26)21-2;/h4-7,14,17,25H,3,8-13H2,1-2H3,(H,21,26)(H,22,23);1H. The first kappa shape index (κ1) is 23.6. The molecule has 152 valence electrons. The van der Waals surface area contributed by atoms with Crippen LogP contribution in [-0.4, -0.2) is 55.1 Å². The van der Waals surface area contributed by atoms with Gasteiger partial charge in [-0.05, 0) is 31.7 Å². The minimum Gasteiger partial charge on any atom is -0.386 e. The Balaban J connectivity index is 0.00000364. The minimum atomic E-state index is -0.976. The molecule has 0 radical (unpaired) electrons. The second kappa shape index (κ2) is 12.1. The first-order chi connectivity index (χ1) is 12.5. The van der Waals surface area contributed by atoms with Gasteiger partial charge < -0.3 is 20.6 Å². The molecule has 8 heteroatoms. The summed E-state index contributed by atoms with van der Waals surface area (Å²) in [4.78, 5) is 18.1. The summed E-state index contributed by atoms with van der Waals surface area (Å²) >= 11 is 0. The Morgan fingerprint density at radius 1 is 1.37 bits per heavy atom. The number of carbonyl (C=O) groups excluding carboxylic acids is 1. The quantitative estimate of drug-likeness (QED) is 0.324. The SMILES string of the molecule is CCNC(=NCC(O)c1ccccc1F)N1CCC(CC(=O)NC)CC1.I. The van der Waals surface area contributed by atoms with E-state index in [9.17, 15) is 14.3 Å². The highest BCUT2D eigenvalue weighted by molar-refractivity contribution is 14.0. The molecular formula is C19H30FIN4O2. The Morgan fingerprint density at radius 3 is 2.63 bits per heavy atom. The van der Waals surface area contributed by atoms with Gasteiger partial charge in [-0.15, -0.1) is 24.0 Å². The lowest BCUT2D eigenvalue weighted by Crippen LogP contribution is -2.46. The number of amides is 1. The van der Waals surface area contributed by atoms with E-state index in [1.165, 1.54) is 6.07 Å². The van der Waals surface area contributed by atoms with Crippen LogP contribution >= 0.6 is 24.0 Å². The van der Waals surface area contributed by atoms with Crippen molar-refractivity contribution in [3.8, 4) is 0 Å². The van der Waals surface area contributed by atoms with Crippen molar-refractivity contribution in [3.05, 3.63) is 35.6 Å². The van der Waals surface area contributed by atoms with Gasteiger partial charge in [0.25, 0.3) is 0 Å². The highest BCUT2D eigenvalue weighted by Gasteiger charge is 2.23. The molecular weight excluding hydrogens is 462 g/mol. The van der Waals surface area contributed by atoms with E-state index >= 15 is 0 Å². The van der Waals surface area contributed by atoms with E-state index in [0.29, 0.717) is 18.9 Å². The van der Waals surface area contributed by atoms with E-state index in [1.807, 2.05) is 6.92 Å². The molecule has 6 nitrogen and oxygen atoms in total. The summed E-state index contributed by atoms with van der Waals surface area (Å²) in [5.41, 5.74) is 0.261. The largest absolute Gasteiger partial charge is 0.386 e. The molecule has 3 N–H and O–H groups in total. The molecule has 1 atom stereocenters. The first-order valence-electron chi connectivity index (χ1n) is 9.21. The summed E-state index contributed by atoms with van der Waals surface area (Å²) in [5.74, 6) is 0.770. The van der Waals surface area contributed by atoms with Gasteiger partial charge in [-0.3, -0.25) is 9.79 Å². The highest BCUT2D eigenvalue weighted by Crippen LogP contribution is 2.21. The summed E-state index contributed by atoms with van der Waals surface area (Å²) in [7, 11) is 1.66. The molecule has 0 aromatic heterocycles. The number of aliphatic imine (C=N–C) groups is 1. The molecule has 1 amide bonds. The second-order valence-corrected chi connectivity index (χ2v) is 6.54. The lowest BCUT2D eigenvalue weighted by Gasteiger charge is -2.34. The van der Waals surface area contributed by atoms with E-state index in [1.54, 1.807) is 25.2 Å². The number of hydrogen-bond donors (Lipinski definition) is 3. The predicted molar refractivity (Wildman–Crippen MR) is 116 cm³/mol. The van der Waals surface area contributed by atoms with Gasteiger partial charge in [-0.1, -0.05) is 18.2 Å². The molecule has 0 aliphatic carbocycles. The van der Waals surface area contributed by atoms with Gasteiger partial charge >= 0.3 is 0 Å². The molecule has 1 aliphatic rings. The van der Waals surface area contributed by atoms with Crippen LogP contribution in [-0.2, 0) is 4.79 Å². The van der Waals surface area contributed by atoms with Gasteiger partial charge in [0.15, 0.2) is 5.96 Å². The fourth-order valence-corrected chi connectivity index (χ4v) is 3.16. The molecule has 1 aliphatic heterocycles. The van der Waals surface area contributed by atoms with Gasteiger partial charge in [0, 0.05) is 38.7 Å². The van der Waals surface area contributed by atoms with Gasteiger partial charge in [-0.25, -0.2) is 4.39 Å². The number of hydrogen-bond acceptors (Lipinski definition) is 3. The molecule has 1 aromatic carbocycles. The monoisotopic (exact) mass is 492 g/mol. The van der Waals surface area contributed by atoms with E-state index in [2.05, 4.69) is 20.5 Å². The number of piperidine rings is 1. The fourth-order valence-electron chi connectivity index (χ4n) is 3.16. The van der Waals surface area contributed by atoms with E-state index < -0.39 is 11.9 Å². The van der Waals surface area contributed by atoms with E-state index in [4.69, 9.17) is 0 Å². The third-order valence-corrected chi connectivity index (χ3v) is 4.68. The summed E-state index contributed by atoms with van der Waals surface area (Å²) in [6.07, 6.45) is 1.43. The van der Waals surface area contributed by atoms with Crippen molar-refractivity contribution in [2.24, 2.45) is 10.9 Å². The van der Waals surface area contributed by atoms with Gasteiger partial charge in [0.05, 0.1) is 6.54 Å². The maximum Gasteiger partial charge on any atom is 0.220 e. The van der Waals surface area contributed by atoms with Crippen LogP contribution in [0.2, 0.25) is 0 Å². The maximum absolute atomic E-state index is 13.8. The molecule has 1 aromatic rings. The number of aliphatic hydroxyl groups is 1. The molecule has 27 heavy (non-hydrogen) atoms. The van der Waals surface area contributed by atoms with Crippen LogP contribution in [0.3, 0.4) is 0 Å². The highest BCUT2D eigenvalue weighted by atomic mass is 127. The van der Waals surface area contributed by atoms with Crippen LogP contribution in [0.25, 0.3) is 0 Å². The maximum atomic E-state index is 13.8. The molecule has 1 fully saturated rings. The van der Waals surface area contributed by atoms with Crippen LogP contribution in [0.1, 0.15) is 37.9 Å². The summed E-state index contributed by atoms with van der Waals surface area (Å²) < 4.78 is 13.8. The number of likely N-dealkylation sites (tertiary alicyclic amines) is 1. The van der Waals surface area contributed by atoms with Crippen molar-refractivity contribution in [2.75, 3.05) is 33.2 Å². The Morgan fingerprint density at radius 2 is 2.04 bits per heavy atom. The number of nitrogens with zero attached hydrogens (tertiary/aromatic N) is 2. The fraction of sp³-hybridized carbons (Fsp3) is 0.579. The van der Waals surface area contributed by atoms with Crippen molar-refractivity contribution in [1.82, 2.24) is 15.5 Å². The Kier molecular flexibility index (Phi) is 10.6. The van der Waals surface area contributed by atoms with Crippen molar-refractivity contribution in [2.45, 2.75) is 32.3 Å². The third-order valence-electron chi connectivity index (χ3n) is 4.68. The Labute approximate surface area is 177 Å². The number of rotatable bonds is 6. The summed E-state index contributed by atoms with van der Waals surface area (Å²) in [6.45, 7) is 4.42. The molecule has 1 saturated heterocycles. The average Bonchev–Trinajstić information content (AvgIpc) is 2.66. The second-order valence-electron chi connectivity index (χ2n) is 6.54. The number of guanidine groups is 1. The average molecular weight is 492 g/mol. The Hall–Kier alpha value is -1.42. The number of carbonyl (C=O) groups is 1. The van der Waals surface area contributed by atoms with Crippen LogP contribution in [0.5, 0.6) is 0 Å². The summed E-state index contributed by atoms with van der Waals surface area (Å²) in [5, 5.41) is 16.2. The zero-order chi connectivity index (χ0) is 18.9. The lowest BCUT2D eigenvalue weighted by atomic mass is 9.93. The van der Waals surface area contributed by atoms with Crippen molar-refractivity contribution in [1.29, 1.82) is 0 Å². The normalized spacial score (nSPS) is 16.4. The van der Waals surface area contributed by atoms with Gasteiger partial charge in [0.2, 0.25) is 5.91 Å². The van der Waals surface area contributed by atoms with Crippen molar-refractivity contribution in [3.63, 3.8) is 0 Å². The molecule has 0 bridgehead atoms. The summed E-state index contributed by atoms with van der Waals surface area (Å²) in [6, 6.07) is 6.22. The molecule has 0 saturated carbocycles. The van der Waals surface area contributed by atoms with Gasteiger partial charge in [0.1, 0.15) is 11.9 Å². The van der Waals surface area contributed by atoms with Crippen LogP contribution in [0.15, 0.2) is 29.3 Å². The Bertz CT molecular complexity index is 621. The van der Waals surface area contributed by atoms with Gasteiger partial charge in [-0.2, -0.15) is 0 Å². The number of nitrogens with one attached hydrogen (secondary N) is 2. The van der Waals surface area contributed by atoms with E-state index in [0.717, 1.165) is 31.9 Å². The van der Waals surface area contributed by atoms with E-state index in [-0.39, 0.29) is 42.0 Å². The van der Waals surface area contributed by atoms with Crippen LogP contribution < -0.4 is 10.6 Å². The number of aliphatic hydroxyl groups excluding tert-OH is 1. The van der Waals surface area contributed by atoms with Crippen molar-refractivity contribution < 1.29 is 14.3 Å². The molecule has 0 spiro atoms. The third kappa shape index (κ3) is 7.25. The lowest BCUT2D eigenvalue weighted by molar-refractivity contribution is -0.121. The zero-order valence-corrected chi connectivity index (χ0v) is 18.3. The number of halogens is 2. The molecule has 2 rings (SSSR count).